The van der Waals surface area contributed by atoms with Gasteiger partial charge >= 0.3 is 12.1 Å². The van der Waals surface area contributed by atoms with E-state index in [0.717, 1.165) is 5.56 Å². The normalized spacial score (nSPS) is 11.5. The van der Waals surface area contributed by atoms with E-state index in [4.69, 9.17) is 4.42 Å². The molecule has 1 amide bonds. The third kappa shape index (κ3) is 4.77. The fourth-order valence-electron chi connectivity index (χ4n) is 2.68. The van der Waals surface area contributed by atoms with Crippen LogP contribution in [0.4, 0.5) is 13.2 Å². The SMILES string of the molecule is O=C(NCCc1coc(-c2ccccc2)n1)c1cncc(-c2noc(C(F)(F)F)n2)c1. The molecule has 0 aliphatic rings. The summed E-state index contributed by atoms with van der Waals surface area (Å²) in [6.07, 6.45) is -0.287. The summed E-state index contributed by atoms with van der Waals surface area (Å²) in [5.74, 6) is -1.76. The number of nitrogens with zero attached hydrogens (tertiary/aromatic N) is 4. The Kier molecular flexibility index (Phi) is 5.48. The molecule has 31 heavy (non-hydrogen) atoms. The maximum atomic E-state index is 12.6. The topological polar surface area (TPSA) is 107 Å². The Morgan fingerprint density at radius 3 is 2.61 bits per heavy atom. The molecule has 0 bridgehead atoms. The number of carbonyl (C=O) groups is 1. The predicted molar refractivity (Wildman–Crippen MR) is 101 cm³/mol. The molecule has 0 aliphatic carbocycles. The van der Waals surface area contributed by atoms with Gasteiger partial charge in [-0.25, -0.2) is 4.98 Å². The number of pyridine rings is 1. The summed E-state index contributed by atoms with van der Waals surface area (Å²) >= 11 is 0. The van der Waals surface area contributed by atoms with Crippen molar-refractivity contribution in [1.29, 1.82) is 0 Å². The molecule has 3 heterocycles. The summed E-state index contributed by atoms with van der Waals surface area (Å²) < 4.78 is 47.5. The first-order valence-electron chi connectivity index (χ1n) is 9.04. The lowest BCUT2D eigenvalue weighted by atomic mass is 10.2. The minimum absolute atomic E-state index is 0.121. The highest BCUT2D eigenvalue weighted by Crippen LogP contribution is 2.29. The van der Waals surface area contributed by atoms with Gasteiger partial charge in [-0.2, -0.15) is 18.2 Å². The van der Waals surface area contributed by atoms with Crippen LogP contribution >= 0.6 is 0 Å². The summed E-state index contributed by atoms with van der Waals surface area (Å²) in [6.45, 7) is 0.268. The molecule has 0 saturated carbocycles. The van der Waals surface area contributed by atoms with Crippen LogP contribution in [-0.4, -0.2) is 32.6 Å². The number of amides is 1. The summed E-state index contributed by atoms with van der Waals surface area (Å²) in [4.78, 5) is 23.9. The van der Waals surface area contributed by atoms with Crippen molar-refractivity contribution in [2.24, 2.45) is 0 Å². The number of hydrogen-bond donors (Lipinski definition) is 1. The Labute approximate surface area is 173 Å². The van der Waals surface area contributed by atoms with Crippen molar-refractivity contribution < 1.29 is 26.9 Å². The van der Waals surface area contributed by atoms with Crippen LogP contribution < -0.4 is 5.32 Å². The summed E-state index contributed by atoms with van der Waals surface area (Å²) in [5, 5.41) is 5.99. The number of alkyl halides is 3. The van der Waals surface area contributed by atoms with Gasteiger partial charge in [0.15, 0.2) is 0 Å². The van der Waals surface area contributed by atoms with Crippen LogP contribution in [0.15, 0.2) is 64.0 Å². The first kappa shape index (κ1) is 20.3. The van der Waals surface area contributed by atoms with Crippen molar-refractivity contribution in [2.45, 2.75) is 12.6 Å². The van der Waals surface area contributed by atoms with E-state index in [0.29, 0.717) is 18.0 Å². The monoisotopic (exact) mass is 429 g/mol. The van der Waals surface area contributed by atoms with Crippen LogP contribution in [0.1, 0.15) is 21.9 Å². The standard InChI is InChI=1S/C20H14F3N5O3/c21-20(22,23)19-27-16(28-31-19)13-8-14(10-24-9-13)17(29)25-7-6-15-11-30-18(26-15)12-4-2-1-3-5-12/h1-5,8-11H,6-7H2,(H,25,29). The molecule has 158 valence electrons. The fourth-order valence-corrected chi connectivity index (χ4v) is 2.68. The van der Waals surface area contributed by atoms with Crippen molar-refractivity contribution in [1.82, 2.24) is 25.4 Å². The molecular formula is C20H14F3N5O3. The Morgan fingerprint density at radius 2 is 1.87 bits per heavy atom. The first-order chi connectivity index (χ1) is 14.9. The Hall–Kier alpha value is -4.02. The zero-order valence-corrected chi connectivity index (χ0v) is 15.8. The maximum Gasteiger partial charge on any atom is 0.471 e. The third-order valence-electron chi connectivity index (χ3n) is 4.17. The second-order valence-electron chi connectivity index (χ2n) is 6.40. The van der Waals surface area contributed by atoms with E-state index >= 15 is 0 Å². The second-order valence-corrected chi connectivity index (χ2v) is 6.40. The number of aromatic nitrogens is 4. The predicted octanol–water partition coefficient (Wildman–Crippen LogP) is 3.78. The van der Waals surface area contributed by atoms with E-state index in [2.05, 4.69) is 29.9 Å². The van der Waals surface area contributed by atoms with Gasteiger partial charge in [0.05, 0.1) is 11.3 Å². The highest BCUT2D eigenvalue weighted by Gasteiger charge is 2.38. The molecule has 3 aromatic heterocycles. The van der Waals surface area contributed by atoms with E-state index in [1.165, 1.54) is 24.7 Å². The van der Waals surface area contributed by atoms with Gasteiger partial charge in [-0.05, 0) is 18.2 Å². The Bertz CT molecular complexity index is 1190. The van der Waals surface area contributed by atoms with E-state index in [1.807, 2.05) is 30.3 Å². The average molecular weight is 429 g/mol. The number of hydrogen-bond acceptors (Lipinski definition) is 7. The summed E-state index contributed by atoms with van der Waals surface area (Å²) in [5.41, 5.74) is 1.77. The Morgan fingerprint density at radius 1 is 1.06 bits per heavy atom. The number of benzene rings is 1. The van der Waals surface area contributed by atoms with E-state index in [9.17, 15) is 18.0 Å². The summed E-state index contributed by atoms with van der Waals surface area (Å²) in [7, 11) is 0. The van der Waals surface area contributed by atoms with Crippen molar-refractivity contribution in [3.05, 3.63) is 72.2 Å². The number of carbonyl (C=O) groups excluding carboxylic acids is 1. The quantitative estimate of drug-likeness (QED) is 0.497. The molecule has 8 nitrogen and oxygen atoms in total. The molecule has 0 atom stereocenters. The van der Waals surface area contributed by atoms with Gasteiger partial charge in [0.1, 0.15) is 6.26 Å². The zero-order valence-electron chi connectivity index (χ0n) is 15.8. The molecule has 0 aliphatic heterocycles. The minimum atomic E-state index is -4.75. The van der Waals surface area contributed by atoms with E-state index < -0.39 is 18.0 Å². The molecule has 0 fully saturated rings. The van der Waals surface area contributed by atoms with Gasteiger partial charge in [-0.1, -0.05) is 23.4 Å². The molecule has 1 N–H and O–H groups in total. The number of nitrogens with one attached hydrogen (secondary N) is 1. The van der Waals surface area contributed by atoms with Crippen LogP contribution in [-0.2, 0) is 12.6 Å². The van der Waals surface area contributed by atoms with Crippen LogP contribution in [0.3, 0.4) is 0 Å². The highest BCUT2D eigenvalue weighted by molar-refractivity contribution is 5.94. The maximum absolute atomic E-state index is 12.6. The number of rotatable bonds is 6. The molecule has 4 rings (SSSR count). The van der Waals surface area contributed by atoms with Crippen LogP contribution in [0.2, 0.25) is 0 Å². The average Bonchev–Trinajstić information content (AvgIpc) is 3.44. The van der Waals surface area contributed by atoms with Gasteiger partial charge in [0.25, 0.3) is 5.91 Å². The lowest BCUT2D eigenvalue weighted by Gasteiger charge is -2.04. The van der Waals surface area contributed by atoms with E-state index in [1.54, 1.807) is 0 Å². The number of oxazole rings is 1. The molecule has 0 spiro atoms. The molecule has 1 aromatic carbocycles. The lowest BCUT2D eigenvalue weighted by molar-refractivity contribution is -0.159. The van der Waals surface area contributed by atoms with Crippen molar-refractivity contribution in [3.63, 3.8) is 0 Å². The molecule has 0 unspecified atom stereocenters. The fraction of sp³-hybridized carbons (Fsp3) is 0.150. The molecule has 0 radical (unpaired) electrons. The minimum Gasteiger partial charge on any atom is -0.444 e. The van der Waals surface area contributed by atoms with Gasteiger partial charge in [-0.15, -0.1) is 0 Å². The molecular weight excluding hydrogens is 415 g/mol. The largest absolute Gasteiger partial charge is 0.471 e. The third-order valence-corrected chi connectivity index (χ3v) is 4.17. The highest BCUT2D eigenvalue weighted by atomic mass is 19.4. The lowest BCUT2D eigenvalue weighted by Crippen LogP contribution is -2.25. The van der Waals surface area contributed by atoms with Gasteiger partial charge in [-0.3, -0.25) is 9.78 Å². The summed E-state index contributed by atoms with van der Waals surface area (Å²) in [6, 6.07) is 10.7. The molecule has 0 saturated heterocycles. The number of halogens is 3. The Balaban J connectivity index is 1.37. The molecule has 11 heteroatoms. The zero-order chi connectivity index (χ0) is 21.8. The van der Waals surface area contributed by atoms with Crippen LogP contribution in [0.25, 0.3) is 22.8 Å². The van der Waals surface area contributed by atoms with Gasteiger partial charge in [0.2, 0.25) is 11.7 Å². The van der Waals surface area contributed by atoms with Crippen LogP contribution in [0.5, 0.6) is 0 Å². The van der Waals surface area contributed by atoms with Crippen molar-refractivity contribution in [2.75, 3.05) is 6.54 Å². The van der Waals surface area contributed by atoms with Crippen molar-refractivity contribution in [3.8, 4) is 22.8 Å². The molecule has 4 aromatic rings. The second kappa shape index (κ2) is 8.38. The van der Waals surface area contributed by atoms with Gasteiger partial charge < -0.3 is 14.3 Å². The smallest absolute Gasteiger partial charge is 0.444 e. The first-order valence-corrected chi connectivity index (χ1v) is 9.04. The van der Waals surface area contributed by atoms with E-state index in [-0.39, 0.29) is 23.5 Å². The van der Waals surface area contributed by atoms with Crippen LogP contribution in [0, 0.1) is 0 Å². The van der Waals surface area contributed by atoms with Crippen molar-refractivity contribution >= 4 is 5.91 Å². The van der Waals surface area contributed by atoms with Gasteiger partial charge in [0, 0.05) is 36.5 Å².